The van der Waals surface area contributed by atoms with Crippen LogP contribution in [-0.4, -0.2) is 22.3 Å². The summed E-state index contributed by atoms with van der Waals surface area (Å²) >= 11 is 0. The van der Waals surface area contributed by atoms with Crippen molar-refractivity contribution in [1.29, 1.82) is 0 Å². The predicted molar refractivity (Wildman–Crippen MR) is 68.4 cm³/mol. The van der Waals surface area contributed by atoms with E-state index in [2.05, 4.69) is 4.40 Å². The van der Waals surface area contributed by atoms with Gasteiger partial charge in [0.25, 0.3) is 0 Å². The molecule has 0 unspecified atom stereocenters. The van der Waals surface area contributed by atoms with E-state index in [-0.39, 0.29) is 5.75 Å². The van der Waals surface area contributed by atoms with Gasteiger partial charge in [-0.15, -0.1) is 0 Å². The van der Waals surface area contributed by atoms with E-state index in [9.17, 15) is 8.60 Å². The Morgan fingerprint density at radius 1 is 1.41 bits per heavy atom. The Morgan fingerprint density at radius 2 is 2.06 bits per heavy atom. The van der Waals surface area contributed by atoms with E-state index < -0.39 is 21.5 Å². The predicted octanol–water partition coefficient (Wildman–Crippen LogP) is 2.72. The van der Waals surface area contributed by atoms with Crippen molar-refractivity contribution in [3.05, 3.63) is 29.6 Å². The number of methoxy groups -OCH3 is 1. The van der Waals surface area contributed by atoms with Gasteiger partial charge in [-0.2, -0.15) is 4.40 Å². The summed E-state index contributed by atoms with van der Waals surface area (Å²) in [7, 11) is 0.0678. The van der Waals surface area contributed by atoms with Crippen molar-refractivity contribution in [3.63, 3.8) is 0 Å². The first kappa shape index (κ1) is 13.8. The van der Waals surface area contributed by atoms with Crippen molar-refractivity contribution in [2.24, 2.45) is 4.40 Å². The first-order valence-electron chi connectivity index (χ1n) is 5.14. The lowest BCUT2D eigenvalue weighted by Crippen LogP contribution is -2.19. The highest BCUT2D eigenvalue weighted by Gasteiger charge is 2.18. The molecule has 0 aliphatic rings. The van der Waals surface area contributed by atoms with Crippen LogP contribution < -0.4 is 4.74 Å². The summed E-state index contributed by atoms with van der Waals surface area (Å²) < 4.78 is 33.3. The third-order valence-electron chi connectivity index (χ3n) is 2.00. The Bertz CT molecular complexity index is 452. The van der Waals surface area contributed by atoms with Gasteiger partial charge in [-0.1, -0.05) is 0 Å². The Hall–Kier alpha value is -1.23. The molecule has 0 saturated carbocycles. The molecular weight excluding hydrogens is 241 g/mol. The van der Waals surface area contributed by atoms with Crippen LogP contribution in [0.5, 0.6) is 5.75 Å². The molecule has 17 heavy (non-hydrogen) atoms. The van der Waals surface area contributed by atoms with Gasteiger partial charge in [0.05, 0.1) is 11.9 Å². The van der Waals surface area contributed by atoms with E-state index in [1.807, 2.05) is 20.8 Å². The summed E-state index contributed by atoms with van der Waals surface area (Å²) in [5.74, 6) is -0.280. The molecule has 0 amide bonds. The molecule has 0 aromatic heterocycles. The molecule has 0 N–H and O–H groups in total. The van der Waals surface area contributed by atoms with Crippen molar-refractivity contribution in [3.8, 4) is 5.75 Å². The van der Waals surface area contributed by atoms with Crippen LogP contribution in [0.4, 0.5) is 4.39 Å². The van der Waals surface area contributed by atoms with E-state index in [1.54, 1.807) is 6.07 Å². The van der Waals surface area contributed by atoms with E-state index in [0.717, 1.165) is 0 Å². The molecule has 3 nitrogen and oxygen atoms in total. The molecule has 1 atom stereocenters. The summed E-state index contributed by atoms with van der Waals surface area (Å²) in [5.41, 5.74) is 0.556. The Labute approximate surface area is 103 Å². The molecule has 0 fully saturated rings. The number of benzene rings is 1. The van der Waals surface area contributed by atoms with Gasteiger partial charge < -0.3 is 4.74 Å². The minimum absolute atomic E-state index is 0.180. The SMILES string of the molecule is COc1ccc(/C=N/[S@](=O)C(C)(C)C)cc1F. The second kappa shape index (κ2) is 5.40. The van der Waals surface area contributed by atoms with Crippen LogP contribution in [0.1, 0.15) is 26.3 Å². The van der Waals surface area contributed by atoms with E-state index in [1.165, 1.54) is 25.5 Å². The summed E-state index contributed by atoms with van der Waals surface area (Å²) in [4.78, 5) is 0. The van der Waals surface area contributed by atoms with Gasteiger partial charge in [0.2, 0.25) is 0 Å². The average Bonchev–Trinajstić information content (AvgIpc) is 2.24. The molecule has 0 aliphatic carbocycles. The lowest BCUT2D eigenvalue weighted by atomic mass is 10.2. The van der Waals surface area contributed by atoms with Crippen molar-refractivity contribution in [1.82, 2.24) is 0 Å². The quantitative estimate of drug-likeness (QED) is 0.781. The molecule has 0 spiro atoms. The molecular formula is C12H16FNO2S. The zero-order valence-corrected chi connectivity index (χ0v) is 11.2. The molecule has 94 valence electrons. The van der Waals surface area contributed by atoms with Gasteiger partial charge in [-0.25, -0.2) is 8.60 Å². The second-order valence-corrected chi connectivity index (χ2v) is 6.42. The fourth-order valence-electron chi connectivity index (χ4n) is 1.03. The topological polar surface area (TPSA) is 38.7 Å². The number of hydrogen-bond acceptors (Lipinski definition) is 2. The van der Waals surface area contributed by atoms with Gasteiger partial charge in [0, 0.05) is 6.21 Å². The second-order valence-electron chi connectivity index (χ2n) is 4.49. The van der Waals surface area contributed by atoms with Gasteiger partial charge in [0.1, 0.15) is 11.0 Å². The van der Waals surface area contributed by atoms with Crippen LogP contribution >= 0.6 is 0 Å². The number of ether oxygens (including phenoxy) is 1. The molecule has 0 saturated heterocycles. The molecule has 5 heteroatoms. The Kier molecular flexibility index (Phi) is 4.40. The monoisotopic (exact) mass is 257 g/mol. The minimum atomic E-state index is -1.34. The van der Waals surface area contributed by atoms with E-state index >= 15 is 0 Å². The lowest BCUT2D eigenvalue weighted by molar-refractivity contribution is 0.386. The van der Waals surface area contributed by atoms with Gasteiger partial charge in [0.15, 0.2) is 11.6 Å². The van der Waals surface area contributed by atoms with Gasteiger partial charge in [-0.05, 0) is 44.5 Å². The molecule has 0 heterocycles. The highest BCUT2D eigenvalue weighted by Crippen LogP contribution is 2.17. The fraction of sp³-hybridized carbons (Fsp3) is 0.417. The van der Waals surface area contributed by atoms with Crippen LogP contribution in [0, 0.1) is 5.82 Å². The smallest absolute Gasteiger partial charge is 0.165 e. The molecule has 1 rings (SSSR count). The van der Waals surface area contributed by atoms with Crippen molar-refractivity contribution < 1.29 is 13.3 Å². The fourth-order valence-corrected chi connectivity index (χ4v) is 1.56. The standard InChI is InChI=1S/C12H16FNO2S/c1-12(2,3)17(15)14-8-9-5-6-11(16-4)10(13)7-9/h5-8H,1-4H3/b14-8+/t17-/m1/s1. The highest BCUT2D eigenvalue weighted by atomic mass is 32.2. The van der Waals surface area contributed by atoms with Crippen molar-refractivity contribution in [2.75, 3.05) is 7.11 Å². The summed E-state index contributed by atoms with van der Waals surface area (Å²) in [6, 6.07) is 4.46. The number of rotatable bonds is 3. The van der Waals surface area contributed by atoms with Crippen LogP contribution in [0.15, 0.2) is 22.6 Å². The Balaban J connectivity index is 2.86. The highest BCUT2D eigenvalue weighted by molar-refractivity contribution is 7.85. The van der Waals surface area contributed by atoms with Crippen LogP contribution in [0.25, 0.3) is 0 Å². The van der Waals surface area contributed by atoms with Gasteiger partial charge in [-0.3, -0.25) is 0 Å². The van der Waals surface area contributed by atoms with Crippen LogP contribution in [0.3, 0.4) is 0 Å². The number of nitrogens with zero attached hydrogens (tertiary/aromatic N) is 1. The zero-order chi connectivity index (χ0) is 13.1. The summed E-state index contributed by atoms with van der Waals surface area (Å²) in [6.07, 6.45) is 1.41. The summed E-state index contributed by atoms with van der Waals surface area (Å²) in [6.45, 7) is 5.49. The van der Waals surface area contributed by atoms with Crippen molar-refractivity contribution >= 4 is 17.2 Å². The normalized spacial score (nSPS) is 13.9. The molecule has 1 aromatic carbocycles. The number of hydrogen-bond donors (Lipinski definition) is 0. The maximum absolute atomic E-state index is 13.3. The van der Waals surface area contributed by atoms with Crippen molar-refractivity contribution in [2.45, 2.75) is 25.5 Å². The first-order chi connectivity index (χ1) is 7.84. The lowest BCUT2D eigenvalue weighted by Gasteiger charge is -2.12. The minimum Gasteiger partial charge on any atom is -0.494 e. The number of halogens is 1. The molecule has 1 aromatic rings. The third-order valence-corrected chi connectivity index (χ3v) is 3.34. The van der Waals surface area contributed by atoms with Crippen LogP contribution in [0.2, 0.25) is 0 Å². The third kappa shape index (κ3) is 3.93. The maximum atomic E-state index is 13.3. The molecule has 0 bridgehead atoms. The maximum Gasteiger partial charge on any atom is 0.165 e. The van der Waals surface area contributed by atoms with Gasteiger partial charge >= 0.3 is 0 Å². The average molecular weight is 257 g/mol. The molecule has 0 aliphatic heterocycles. The zero-order valence-electron chi connectivity index (χ0n) is 10.4. The van der Waals surface area contributed by atoms with E-state index in [4.69, 9.17) is 4.74 Å². The largest absolute Gasteiger partial charge is 0.494 e. The molecule has 0 radical (unpaired) electrons. The first-order valence-corrected chi connectivity index (χ1v) is 6.25. The Morgan fingerprint density at radius 3 is 2.53 bits per heavy atom. The summed E-state index contributed by atoms with van der Waals surface area (Å²) in [5, 5.41) is 0. The van der Waals surface area contributed by atoms with Crippen LogP contribution in [-0.2, 0) is 11.0 Å². The van der Waals surface area contributed by atoms with E-state index in [0.29, 0.717) is 5.56 Å².